The van der Waals surface area contributed by atoms with E-state index in [1.54, 1.807) is 44.7 Å². The van der Waals surface area contributed by atoms with Crippen LogP contribution in [-0.2, 0) is 36.0 Å². The Bertz CT molecular complexity index is 1210. The highest BCUT2D eigenvalue weighted by molar-refractivity contribution is 8.15. The molecule has 12 heteroatoms. The Morgan fingerprint density at radius 1 is 0.864 bits per heavy atom. The summed E-state index contributed by atoms with van der Waals surface area (Å²) >= 11 is 3.16. The number of amides is 3. The van der Waals surface area contributed by atoms with E-state index in [9.17, 15) is 24.3 Å². The van der Waals surface area contributed by atoms with Gasteiger partial charge in [-0.2, -0.15) is 0 Å². The van der Waals surface area contributed by atoms with E-state index in [2.05, 4.69) is 16.0 Å². The lowest BCUT2D eigenvalue weighted by Gasteiger charge is -2.27. The van der Waals surface area contributed by atoms with Gasteiger partial charge in [0.25, 0.3) is 0 Å². The lowest BCUT2D eigenvalue weighted by molar-refractivity contribution is -0.147. The van der Waals surface area contributed by atoms with Gasteiger partial charge in [0.1, 0.15) is 29.5 Å². The maximum Gasteiger partial charge on any atom is 0.408 e. The van der Waals surface area contributed by atoms with E-state index in [0.29, 0.717) is 17.1 Å². The fraction of sp³-hybridized carbons (Fsp3) is 0.500. The van der Waals surface area contributed by atoms with Gasteiger partial charge < -0.3 is 30.5 Å². The van der Waals surface area contributed by atoms with Crippen LogP contribution in [0.2, 0.25) is 0 Å². The first-order chi connectivity index (χ1) is 20.8. The fourth-order valence-electron chi connectivity index (χ4n) is 3.99. The molecule has 4 atom stereocenters. The zero-order chi connectivity index (χ0) is 32.7. The van der Waals surface area contributed by atoms with Crippen LogP contribution >= 0.6 is 23.5 Å². The number of benzene rings is 2. The number of alkyl carbamates (subject to hydrolysis) is 1. The minimum atomic E-state index is -1.09. The third-order valence-corrected chi connectivity index (χ3v) is 8.99. The van der Waals surface area contributed by atoms with Gasteiger partial charge >= 0.3 is 12.1 Å². The Hall–Kier alpha value is -3.38. The standard InChI is InChI=1S/C32H45N3O7S2/c1-7-21(2)27(30(39)41-6)35-28(37)25(17-22-13-15-24(36)16-14-22)33-29(38)26(34-31(40)42-32(3,4)5)19-44-20-43-18-23-11-9-8-10-12-23/h8-16,21,25-27,36H,7,17-20H2,1-6H3,(H,33,38)(H,34,40)(H,35,37)/t21-,25-,26-,27-/m0/s1. The molecule has 4 N–H and O–H groups in total. The molecule has 0 unspecified atom stereocenters. The molecule has 0 aliphatic heterocycles. The Balaban J connectivity index is 2.22. The second-order valence-corrected chi connectivity index (χ2v) is 13.7. The average molecular weight is 648 g/mol. The van der Waals surface area contributed by atoms with Gasteiger partial charge in [0.15, 0.2) is 0 Å². The molecule has 0 aromatic heterocycles. The van der Waals surface area contributed by atoms with Crippen molar-refractivity contribution < 1.29 is 33.8 Å². The Kier molecular flexibility index (Phi) is 15.4. The molecule has 0 aliphatic rings. The van der Waals surface area contributed by atoms with Gasteiger partial charge in [0.05, 0.1) is 7.11 Å². The minimum Gasteiger partial charge on any atom is -0.508 e. The maximum absolute atomic E-state index is 13.6. The summed E-state index contributed by atoms with van der Waals surface area (Å²) in [5, 5.41) is 18.5. The van der Waals surface area contributed by atoms with Crippen molar-refractivity contribution in [3.05, 3.63) is 65.7 Å². The van der Waals surface area contributed by atoms with Gasteiger partial charge in [-0.1, -0.05) is 62.7 Å². The lowest BCUT2D eigenvalue weighted by atomic mass is 9.98. The summed E-state index contributed by atoms with van der Waals surface area (Å²) in [4.78, 5) is 52.4. The number of phenolic OH excluding ortho intramolecular Hbond substituents is 1. The van der Waals surface area contributed by atoms with Crippen molar-refractivity contribution in [2.45, 2.75) is 76.9 Å². The predicted octanol–water partition coefficient (Wildman–Crippen LogP) is 4.64. The number of hydrogen-bond acceptors (Lipinski definition) is 9. The van der Waals surface area contributed by atoms with Crippen molar-refractivity contribution in [2.24, 2.45) is 5.92 Å². The molecule has 0 heterocycles. The molecule has 0 spiro atoms. The van der Waals surface area contributed by atoms with Gasteiger partial charge in [-0.15, -0.1) is 23.5 Å². The number of nitrogens with one attached hydrogen (secondary N) is 3. The minimum absolute atomic E-state index is 0.0603. The number of carbonyl (C=O) groups excluding carboxylic acids is 4. The molecule has 0 saturated carbocycles. The first-order valence-electron chi connectivity index (χ1n) is 14.5. The second kappa shape index (κ2) is 18.4. The summed E-state index contributed by atoms with van der Waals surface area (Å²) in [6.45, 7) is 8.89. The number of rotatable bonds is 16. The van der Waals surface area contributed by atoms with Crippen LogP contribution < -0.4 is 16.0 Å². The molecule has 2 aromatic carbocycles. The molecule has 2 rings (SSSR count). The van der Waals surface area contributed by atoms with Crippen LogP contribution in [0.3, 0.4) is 0 Å². The number of thioether (sulfide) groups is 2. The molecule has 0 saturated heterocycles. The van der Waals surface area contributed by atoms with Gasteiger partial charge in [-0.3, -0.25) is 9.59 Å². The maximum atomic E-state index is 13.6. The van der Waals surface area contributed by atoms with E-state index in [1.807, 2.05) is 44.2 Å². The summed E-state index contributed by atoms with van der Waals surface area (Å²) in [5.74, 6) is -0.865. The highest BCUT2D eigenvalue weighted by atomic mass is 32.2. The van der Waals surface area contributed by atoms with Crippen molar-refractivity contribution in [1.29, 1.82) is 0 Å². The molecule has 44 heavy (non-hydrogen) atoms. The van der Waals surface area contributed by atoms with Crippen molar-refractivity contribution in [2.75, 3.05) is 17.9 Å². The van der Waals surface area contributed by atoms with E-state index < -0.39 is 47.6 Å². The van der Waals surface area contributed by atoms with Gasteiger partial charge in [0.2, 0.25) is 11.8 Å². The van der Waals surface area contributed by atoms with E-state index in [-0.39, 0.29) is 23.8 Å². The van der Waals surface area contributed by atoms with E-state index in [0.717, 1.165) is 5.75 Å². The van der Waals surface area contributed by atoms with E-state index in [4.69, 9.17) is 9.47 Å². The lowest BCUT2D eigenvalue weighted by Crippen LogP contribution is -2.58. The van der Waals surface area contributed by atoms with Crippen molar-refractivity contribution in [3.8, 4) is 5.75 Å². The highest BCUT2D eigenvalue weighted by Gasteiger charge is 2.32. The molecule has 2 aromatic rings. The summed E-state index contributed by atoms with van der Waals surface area (Å²) in [5.41, 5.74) is 1.08. The van der Waals surface area contributed by atoms with E-state index >= 15 is 0 Å². The summed E-state index contributed by atoms with van der Waals surface area (Å²) in [6, 6.07) is 13.3. The molecule has 0 bridgehead atoms. The van der Waals surface area contributed by atoms with Gasteiger partial charge in [-0.05, 0) is 49.9 Å². The molecular weight excluding hydrogens is 603 g/mol. The molecule has 0 aliphatic carbocycles. The zero-order valence-electron chi connectivity index (χ0n) is 26.3. The highest BCUT2D eigenvalue weighted by Crippen LogP contribution is 2.19. The van der Waals surface area contributed by atoms with Crippen molar-refractivity contribution in [3.63, 3.8) is 0 Å². The predicted molar refractivity (Wildman–Crippen MR) is 175 cm³/mol. The SMILES string of the molecule is CC[C@H](C)[C@H](NC(=O)[C@H](Cc1ccc(O)cc1)NC(=O)[C@H](CSCSCc1ccccc1)NC(=O)OC(C)(C)C)C(=O)OC. The van der Waals surface area contributed by atoms with Crippen molar-refractivity contribution >= 4 is 47.4 Å². The van der Waals surface area contributed by atoms with Gasteiger partial charge in [0, 0.05) is 23.0 Å². The normalized spacial score (nSPS) is 14.0. The Morgan fingerprint density at radius 2 is 1.50 bits per heavy atom. The quantitative estimate of drug-likeness (QED) is 0.116. The van der Waals surface area contributed by atoms with Crippen LogP contribution in [0.25, 0.3) is 0 Å². The van der Waals surface area contributed by atoms with Crippen LogP contribution in [0.4, 0.5) is 4.79 Å². The smallest absolute Gasteiger partial charge is 0.408 e. The molecule has 0 radical (unpaired) electrons. The molecular formula is C32H45N3O7S2. The molecule has 10 nitrogen and oxygen atoms in total. The molecule has 3 amide bonds. The third kappa shape index (κ3) is 13.5. The second-order valence-electron chi connectivity index (χ2n) is 11.3. The summed E-state index contributed by atoms with van der Waals surface area (Å²) in [7, 11) is 1.25. The fourth-order valence-corrected chi connectivity index (χ4v) is 6.08. The Labute approximate surface area is 268 Å². The number of ether oxygens (including phenoxy) is 2. The number of carbonyl (C=O) groups is 4. The van der Waals surface area contributed by atoms with Gasteiger partial charge in [-0.25, -0.2) is 9.59 Å². The topological polar surface area (TPSA) is 143 Å². The first kappa shape index (κ1) is 36.8. The number of esters is 1. The summed E-state index contributed by atoms with van der Waals surface area (Å²) in [6.07, 6.45) is -0.0701. The first-order valence-corrected chi connectivity index (χ1v) is 16.8. The van der Waals surface area contributed by atoms with E-state index in [1.165, 1.54) is 36.6 Å². The number of aromatic hydroxyl groups is 1. The number of hydrogen-bond donors (Lipinski definition) is 4. The monoisotopic (exact) mass is 647 g/mol. The third-order valence-electron chi connectivity index (χ3n) is 6.55. The summed E-state index contributed by atoms with van der Waals surface area (Å²) < 4.78 is 10.3. The van der Waals surface area contributed by atoms with Crippen LogP contribution in [-0.4, -0.2) is 70.7 Å². The zero-order valence-corrected chi connectivity index (χ0v) is 27.9. The Morgan fingerprint density at radius 3 is 2.09 bits per heavy atom. The molecule has 0 fully saturated rings. The number of methoxy groups -OCH3 is 1. The number of phenols is 1. The van der Waals surface area contributed by atoms with Crippen LogP contribution in [0, 0.1) is 5.92 Å². The van der Waals surface area contributed by atoms with Crippen LogP contribution in [0.15, 0.2) is 54.6 Å². The largest absolute Gasteiger partial charge is 0.508 e. The molecule has 242 valence electrons. The van der Waals surface area contributed by atoms with Crippen molar-refractivity contribution in [1.82, 2.24) is 16.0 Å². The average Bonchev–Trinajstić information content (AvgIpc) is 2.98. The van der Waals surface area contributed by atoms with Crippen LogP contribution in [0.5, 0.6) is 5.75 Å². The van der Waals surface area contributed by atoms with Crippen LogP contribution in [0.1, 0.15) is 52.2 Å².